The van der Waals surface area contributed by atoms with Gasteiger partial charge in [0.15, 0.2) is 0 Å². The molecule has 0 bridgehead atoms. The Hall–Kier alpha value is -1.13. The van der Waals surface area contributed by atoms with E-state index < -0.39 is 0 Å². The van der Waals surface area contributed by atoms with E-state index in [2.05, 4.69) is 28.3 Å². The van der Waals surface area contributed by atoms with E-state index in [1.807, 2.05) is 18.2 Å². The highest BCUT2D eigenvalue weighted by Gasteiger charge is 2.04. The Kier molecular flexibility index (Phi) is 4.55. The molecule has 2 rings (SSSR count). The van der Waals surface area contributed by atoms with Crippen molar-refractivity contribution in [2.45, 2.75) is 5.75 Å². The van der Waals surface area contributed by atoms with Crippen molar-refractivity contribution >= 4 is 27.7 Å². The van der Waals surface area contributed by atoms with Gasteiger partial charge in [-0.15, -0.1) is 0 Å². The molecule has 18 heavy (non-hydrogen) atoms. The molecule has 0 amide bonds. The lowest BCUT2D eigenvalue weighted by atomic mass is 10.2. The smallest absolute Gasteiger partial charge is 0.141 e. The van der Waals surface area contributed by atoms with Crippen LogP contribution in [-0.2, 0) is 5.75 Å². The standard InChI is InChI=1S/C14H13BrO2S/c1-18-9-10-5-6-14(13(15)7-10)17-12-4-2-3-11(16)8-12/h2-8,16H,9H2,1H3. The van der Waals surface area contributed by atoms with Gasteiger partial charge in [-0.2, -0.15) is 11.8 Å². The number of benzene rings is 2. The third-order valence-electron chi connectivity index (χ3n) is 2.35. The average Bonchev–Trinajstić information content (AvgIpc) is 2.33. The molecule has 0 spiro atoms. The van der Waals surface area contributed by atoms with Crippen molar-refractivity contribution in [3.05, 3.63) is 52.5 Å². The largest absolute Gasteiger partial charge is 0.508 e. The van der Waals surface area contributed by atoms with Crippen molar-refractivity contribution in [3.63, 3.8) is 0 Å². The number of hydrogen-bond acceptors (Lipinski definition) is 3. The minimum Gasteiger partial charge on any atom is -0.508 e. The van der Waals surface area contributed by atoms with Gasteiger partial charge in [0.25, 0.3) is 0 Å². The monoisotopic (exact) mass is 324 g/mol. The molecule has 2 nitrogen and oxygen atoms in total. The minimum atomic E-state index is 0.197. The molecule has 0 saturated carbocycles. The molecule has 0 radical (unpaired) electrons. The van der Waals surface area contributed by atoms with Crippen LogP contribution in [0, 0.1) is 0 Å². The summed E-state index contributed by atoms with van der Waals surface area (Å²) in [6.45, 7) is 0. The zero-order valence-corrected chi connectivity index (χ0v) is 12.3. The number of ether oxygens (including phenoxy) is 1. The Morgan fingerprint density at radius 3 is 2.72 bits per heavy atom. The van der Waals surface area contributed by atoms with E-state index in [0.29, 0.717) is 5.75 Å². The van der Waals surface area contributed by atoms with Crippen LogP contribution < -0.4 is 4.74 Å². The lowest BCUT2D eigenvalue weighted by molar-refractivity contribution is 0.454. The van der Waals surface area contributed by atoms with Gasteiger partial charge in [0.05, 0.1) is 4.47 Å². The van der Waals surface area contributed by atoms with E-state index in [1.54, 1.807) is 30.0 Å². The van der Waals surface area contributed by atoms with Crippen LogP contribution in [0.25, 0.3) is 0 Å². The summed E-state index contributed by atoms with van der Waals surface area (Å²) in [5.41, 5.74) is 1.25. The molecule has 0 aromatic heterocycles. The fourth-order valence-corrected chi connectivity index (χ4v) is 2.58. The minimum absolute atomic E-state index is 0.197. The van der Waals surface area contributed by atoms with Gasteiger partial charge in [0.1, 0.15) is 17.2 Å². The molecular formula is C14H13BrO2S. The van der Waals surface area contributed by atoms with Crippen molar-refractivity contribution in [3.8, 4) is 17.2 Å². The zero-order valence-electron chi connectivity index (χ0n) is 9.89. The second-order valence-corrected chi connectivity index (χ2v) is 5.52. The average molecular weight is 325 g/mol. The maximum absolute atomic E-state index is 9.38. The van der Waals surface area contributed by atoms with Crippen LogP contribution in [0.5, 0.6) is 17.2 Å². The van der Waals surface area contributed by atoms with Gasteiger partial charge in [-0.05, 0) is 52.0 Å². The summed E-state index contributed by atoms with van der Waals surface area (Å²) in [6.07, 6.45) is 2.07. The summed E-state index contributed by atoms with van der Waals surface area (Å²) in [5.74, 6) is 2.53. The molecular weight excluding hydrogens is 312 g/mol. The van der Waals surface area contributed by atoms with Crippen LogP contribution in [0.1, 0.15) is 5.56 Å². The molecule has 4 heteroatoms. The van der Waals surface area contributed by atoms with E-state index in [4.69, 9.17) is 4.74 Å². The summed E-state index contributed by atoms with van der Waals surface area (Å²) < 4.78 is 6.62. The van der Waals surface area contributed by atoms with Gasteiger partial charge in [-0.3, -0.25) is 0 Å². The zero-order chi connectivity index (χ0) is 13.0. The molecule has 0 fully saturated rings. The highest BCUT2D eigenvalue weighted by atomic mass is 79.9. The van der Waals surface area contributed by atoms with Gasteiger partial charge in [0, 0.05) is 11.8 Å². The molecule has 94 valence electrons. The van der Waals surface area contributed by atoms with Crippen LogP contribution >= 0.6 is 27.7 Å². The number of hydrogen-bond donors (Lipinski definition) is 1. The third kappa shape index (κ3) is 3.43. The predicted molar refractivity (Wildman–Crippen MR) is 79.5 cm³/mol. The van der Waals surface area contributed by atoms with Crippen molar-refractivity contribution in [1.82, 2.24) is 0 Å². The van der Waals surface area contributed by atoms with Crippen LogP contribution in [0.3, 0.4) is 0 Å². The lowest BCUT2D eigenvalue weighted by Crippen LogP contribution is -1.87. The quantitative estimate of drug-likeness (QED) is 0.875. The Bertz CT molecular complexity index is 543. The Labute approximate surface area is 119 Å². The molecule has 0 atom stereocenters. The van der Waals surface area contributed by atoms with E-state index >= 15 is 0 Å². The number of thioether (sulfide) groups is 1. The van der Waals surface area contributed by atoms with Gasteiger partial charge < -0.3 is 9.84 Å². The normalized spacial score (nSPS) is 10.3. The van der Waals surface area contributed by atoms with Crippen molar-refractivity contribution < 1.29 is 9.84 Å². The number of aromatic hydroxyl groups is 1. The topological polar surface area (TPSA) is 29.5 Å². The maximum Gasteiger partial charge on any atom is 0.141 e. The highest BCUT2D eigenvalue weighted by molar-refractivity contribution is 9.10. The summed E-state index contributed by atoms with van der Waals surface area (Å²) >= 11 is 5.28. The van der Waals surface area contributed by atoms with E-state index in [0.717, 1.165) is 16.0 Å². The molecule has 0 aliphatic rings. The third-order valence-corrected chi connectivity index (χ3v) is 3.59. The van der Waals surface area contributed by atoms with Gasteiger partial charge in [-0.25, -0.2) is 0 Å². The first-order valence-electron chi connectivity index (χ1n) is 5.43. The number of rotatable bonds is 4. The molecule has 2 aromatic carbocycles. The van der Waals surface area contributed by atoms with Crippen molar-refractivity contribution in [2.24, 2.45) is 0 Å². The summed E-state index contributed by atoms with van der Waals surface area (Å²) in [4.78, 5) is 0. The second kappa shape index (κ2) is 6.16. The van der Waals surface area contributed by atoms with Crippen molar-refractivity contribution in [1.29, 1.82) is 0 Å². The maximum atomic E-state index is 9.38. The van der Waals surface area contributed by atoms with E-state index in [-0.39, 0.29) is 5.75 Å². The summed E-state index contributed by atoms with van der Waals surface area (Å²) in [6, 6.07) is 12.8. The Morgan fingerprint density at radius 2 is 2.06 bits per heavy atom. The lowest BCUT2D eigenvalue weighted by Gasteiger charge is -2.09. The number of halogens is 1. The first-order valence-corrected chi connectivity index (χ1v) is 7.62. The Morgan fingerprint density at radius 1 is 1.22 bits per heavy atom. The molecule has 0 saturated heterocycles. The highest BCUT2D eigenvalue weighted by Crippen LogP contribution is 2.32. The summed E-state index contributed by atoms with van der Waals surface area (Å²) in [5, 5.41) is 9.38. The van der Waals surface area contributed by atoms with Crippen LogP contribution in [-0.4, -0.2) is 11.4 Å². The molecule has 2 aromatic rings. The number of phenolic OH excluding ortho intramolecular Hbond substituents is 1. The first kappa shape index (κ1) is 13.3. The fourth-order valence-electron chi connectivity index (χ4n) is 1.56. The van der Waals surface area contributed by atoms with Crippen LogP contribution in [0.15, 0.2) is 46.9 Å². The van der Waals surface area contributed by atoms with E-state index in [9.17, 15) is 5.11 Å². The van der Waals surface area contributed by atoms with Gasteiger partial charge >= 0.3 is 0 Å². The molecule has 1 N–H and O–H groups in total. The SMILES string of the molecule is CSCc1ccc(Oc2cccc(O)c2)c(Br)c1. The fraction of sp³-hybridized carbons (Fsp3) is 0.143. The van der Waals surface area contributed by atoms with Gasteiger partial charge in [0.2, 0.25) is 0 Å². The molecule has 0 heterocycles. The molecule has 0 aliphatic carbocycles. The van der Waals surface area contributed by atoms with Crippen LogP contribution in [0.4, 0.5) is 0 Å². The van der Waals surface area contributed by atoms with E-state index in [1.165, 1.54) is 5.56 Å². The first-order chi connectivity index (χ1) is 8.69. The molecule has 0 unspecified atom stereocenters. The molecule has 0 aliphatic heterocycles. The number of phenols is 1. The summed E-state index contributed by atoms with van der Waals surface area (Å²) in [7, 11) is 0. The predicted octanol–water partition coefficient (Wildman–Crippen LogP) is 4.81. The Balaban J connectivity index is 2.19. The van der Waals surface area contributed by atoms with Crippen LogP contribution in [0.2, 0.25) is 0 Å². The second-order valence-electron chi connectivity index (χ2n) is 3.80. The van der Waals surface area contributed by atoms with Crippen molar-refractivity contribution in [2.75, 3.05) is 6.26 Å². The van der Waals surface area contributed by atoms with Gasteiger partial charge in [-0.1, -0.05) is 12.1 Å².